The quantitative estimate of drug-likeness (QED) is 0.207. The van der Waals surface area contributed by atoms with Gasteiger partial charge >= 0.3 is 0 Å². The van der Waals surface area contributed by atoms with Gasteiger partial charge in [0.15, 0.2) is 0 Å². The number of nitrogens with zero attached hydrogens (tertiary/aromatic N) is 4. The van der Waals surface area contributed by atoms with Crippen molar-refractivity contribution in [2.24, 2.45) is 0 Å². The Hall–Kier alpha value is -3.40. The van der Waals surface area contributed by atoms with Gasteiger partial charge in [-0.1, -0.05) is 69.2 Å². The summed E-state index contributed by atoms with van der Waals surface area (Å²) in [5, 5.41) is 0. The van der Waals surface area contributed by atoms with Crippen LogP contribution in [0, 0.1) is 0 Å². The molecule has 4 aromatic rings. The smallest absolute Gasteiger partial charge is 0.0896 e. The fourth-order valence-corrected chi connectivity index (χ4v) is 6.56. The largest absolute Gasteiger partial charge is 0.249 e. The van der Waals surface area contributed by atoms with Crippen LogP contribution in [0.3, 0.4) is 0 Å². The molecular formula is C35H38N4. The van der Waals surface area contributed by atoms with Crippen molar-refractivity contribution in [3.63, 3.8) is 0 Å². The Labute approximate surface area is 231 Å². The van der Waals surface area contributed by atoms with Crippen molar-refractivity contribution in [1.82, 2.24) is 19.9 Å². The molecule has 0 amide bonds. The van der Waals surface area contributed by atoms with Gasteiger partial charge in [0.25, 0.3) is 0 Å². The zero-order valence-electron chi connectivity index (χ0n) is 23.0. The number of hydrogen-bond donors (Lipinski definition) is 0. The van der Waals surface area contributed by atoms with E-state index < -0.39 is 0 Å². The minimum atomic E-state index is 1.01. The molecule has 0 saturated heterocycles. The van der Waals surface area contributed by atoms with Crippen LogP contribution < -0.4 is 0 Å². The van der Waals surface area contributed by atoms with Crippen molar-refractivity contribution in [2.75, 3.05) is 0 Å². The summed E-state index contributed by atoms with van der Waals surface area (Å²) in [6.45, 7) is 0. The average molecular weight is 515 g/mol. The lowest BCUT2D eigenvalue weighted by Crippen LogP contribution is -2.05. The van der Waals surface area contributed by atoms with Crippen LogP contribution in [0.5, 0.6) is 0 Å². The van der Waals surface area contributed by atoms with Crippen LogP contribution >= 0.6 is 0 Å². The molecule has 0 aliphatic heterocycles. The van der Waals surface area contributed by atoms with E-state index in [0.717, 1.165) is 47.8 Å². The Bertz CT molecular complexity index is 1480. The van der Waals surface area contributed by atoms with Crippen molar-refractivity contribution in [3.05, 3.63) is 69.3 Å². The minimum absolute atomic E-state index is 1.01. The molecule has 4 heteroatoms. The summed E-state index contributed by atoms with van der Waals surface area (Å²) in [7, 11) is 0. The molecule has 0 saturated carbocycles. The summed E-state index contributed by atoms with van der Waals surface area (Å²) >= 11 is 0. The zero-order valence-corrected chi connectivity index (χ0v) is 23.0. The van der Waals surface area contributed by atoms with Gasteiger partial charge in [0.1, 0.15) is 0 Å². The Balaban J connectivity index is 1.26. The third kappa shape index (κ3) is 5.26. The molecule has 0 spiro atoms. The summed E-state index contributed by atoms with van der Waals surface area (Å²) in [5.74, 6) is 0. The Morgan fingerprint density at radius 3 is 0.795 bits per heavy atom. The van der Waals surface area contributed by atoms with E-state index in [1.54, 1.807) is 0 Å². The van der Waals surface area contributed by atoms with Crippen LogP contribution in [0.25, 0.3) is 46.4 Å². The lowest BCUT2D eigenvalue weighted by molar-refractivity contribution is 0.573. The molecule has 2 aromatic carbocycles. The van der Waals surface area contributed by atoms with Gasteiger partial charge in [-0.3, -0.25) is 0 Å². The summed E-state index contributed by atoms with van der Waals surface area (Å²) in [6, 6.07) is 8.92. The van der Waals surface area contributed by atoms with Gasteiger partial charge in [-0.25, -0.2) is 19.9 Å². The summed E-state index contributed by atoms with van der Waals surface area (Å²) in [5.41, 5.74) is 13.7. The molecule has 198 valence electrons. The second kappa shape index (κ2) is 11.0. The topological polar surface area (TPSA) is 51.6 Å². The highest BCUT2D eigenvalue weighted by atomic mass is 14.8. The lowest BCUT2D eigenvalue weighted by Gasteiger charge is -2.14. The number of hydrogen-bond acceptors (Lipinski definition) is 4. The molecule has 4 nitrogen and oxygen atoms in total. The standard InChI is InChI=1S/C35H38N4/c1-2-5-9-13-29-28(12-8-4-1)36-32-20-24-16-18-26-22-34-35(23-27(26)19-17-25(24)21-33(32)37-29)39-31-15-11-7-3-6-10-14-30(31)38-34/h16-23H,1-15H2/b18-16-,19-17-,24-16?,25-17?,26-18?,27-19?. The minimum Gasteiger partial charge on any atom is -0.249 e. The second-order valence-electron chi connectivity index (χ2n) is 11.7. The highest BCUT2D eigenvalue weighted by molar-refractivity contribution is 5.94. The van der Waals surface area contributed by atoms with Crippen molar-refractivity contribution >= 4 is 46.4 Å². The number of aryl methyl sites for hydroxylation is 4. The SMILES string of the molecule is C1=C\c2cc3nc4c(nc3cc2/C=C\c2cc3nc5c(nc3cc2/1)CCCCCCCC5)CCCCCCC4. The molecule has 2 heterocycles. The van der Waals surface area contributed by atoms with Crippen molar-refractivity contribution in [2.45, 2.75) is 96.3 Å². The maximum atomic E-state index is 5.16. The van der Waals surface area contributed by atoms with Crippen molar-refractivity contribution in [1.29, 1.82) is 0 Å². The molecular weight excluding hydrogens is 476 g/mol. The third-order valence-corrected chi connectivity index (χ3v) is 8.84. The van der Waals surface area contributed by atoms with E-state index in [1.807, 2.05) is 0 Å². The van der Waals surface area contributed by atoms with Gasteiger partial charge in [-0.15, -0.1) is 0 Å². The van der Waals surface area contributed by atoms with Crippen LogP contribution in [0.4, 0.5) is 0 Å². The molecule has 0 unspecified atom stereocenters. The van der Waals surface area contributed by atoms with E-state index in [1.165, 1.54) is 116 Å². The fraction of sp³-hybridized carbons (Fsp3) is 0.429. The summed E-state index contributed by atoms with van der Waals surface area (Å²) < 4.78 is 0. The zero-order chi connectivity index (χ0) is 26.0. The lowest BCUT2D eigenvalue weighted by atomic mass is 9.96. The monoisotopic (exact) mass is 514 g/mol. The Morgan fingerprint density at radius 1 is 0.308 bits per heavy atom. The number of fused-ring (bicyclic) bond motifs is 6. The van der Waals surface area contributed by atoms with E-state index in [4.69, 9.17) is 19.9 Å². The summed E-state index contributed by atoms with van der Waals surface area (Å²) in [4.78, 5) is 20.6. The molecule has 2 aromatic heterocycles. The van der Waals surface area contributed by atoms with E-state index in [2.05, 4.69) is 48.6 Å². The maximum absolute atomic E-state index is 5.16. The van der Waals surface area contributed by atoms with Gasteiger partial charge in [0, 0.05) is 0 Å². The van der Waals surface area contributed by atoms with E-state index in [-0.39, 0.29) is 0 Å². The Morgan fingerprint density at radius 2 is 0.538 bits per heavy atom. The molecule has 3 aliphatic carbocycles. The van der Waals surface area contributed by atoms with Gasteiger partial charge in [0.05, 0.1) is 44.8 Å². The van der Waals surface area contributed by atoms with E-state index in [0.29, 0.717) is 0 Å². The van der Waals surface area contributed by atoms with Gasteiger partial charge in [0.2, 0.25) is 0 Å². The molecule has 39 heavy (non-hydrogen) atoms. The molecule has 0 N–H and O–H groups in total. The van der Waals surface area contributed by atoms with Crippen LogP contribution in [0.1, 0.15) is 116 Å². The first-order valence-corrected chi connectivity index (χ1v) is 15.3. The normalized spacial score (nSPS) is 19.7. The predicted octanol–water partition coefficient (Wildman–Crippen LogP) is 8.72. The second-order valence-corrected chi connectivity index (χ2v) is 11.7. The average Bonchev–Trinajstić information content (AvgIpc) is 3.06. The van der Waals surface area contributed by atoms with Gasteiger partial charge in [-0.2, -0.15) is 0 Å². The molecule has 0 radical (unpaired) electrons. The van der Waals surface area contributed by atoms with Crippen molar-refractivity contribution < 1.29 is 0 Å². The van der Waals surface area contributed by atoms with Crippen LogP contribution in [-0.4, -0.2) is 19.9 Å². The highest BCUT2D eigenvalue weighted by Gasteiger charge is 2.15. The highest BCUT2D eigenvalue weighted by Crippen LogP contribution is 2.30. The van der Waals surface area contributed by atoms with Crippen LogP contribution in [-0.2, 0) is 25.7 Å². The van der Waals surface area contributed by atoms with Crippen LogP contribution in [0.2, 0.25) is 0 Å². The first-order chi connectivity index (χ1) is 19.3. The number of aromatic nitrogens is 4. The fourth-order valence-electron chi connectivity index (χ4n) is 6.56. The first kappa shape index (κ1) is 24.6. The first-order valence-electron chi connectivity index (χ1n) is 15.3. The molecule has 3 aliphatic rings. The van der Waals surface area contributed by atoms with E-state index in [9.17, 15) is 0 Å². The third-order valence-electron chi connectivity index (χ3n) is 8.84. The molecule has 0 atom stereocenters. The molecule has 0 fully saturated rings. The van der Waals surface area contributed by atoms with Crippen LogP contribution in [0.15, 0.2) is 24.3 Å². The van der Waals surface area contributed by atoms with E-state index >= 15 is 0 Å². The number of benzene rings is 2. The Kier molecular flexibility index (Phi) is 6.94. The predicted molar refractivity (Wildman–Crippen MR) is 163 cm³/mol. The summed E-state index contributed by atoms with van der Waals surface area (Å²) in [6.07, 6.45) is 27.3. The van der Waals surface area contributed by atoms with Gasteiger partial charge < -0.3 is 0 Å². The molecule has 0 bridgehead atoms. The maximum Gasteiger partial charge on any atom is 0.0896 e. The van der Waals surface area contributed by atoms with Crippen molar-refractivity contribution in [3.8, 4) is 0 Å². The molecule has 7 rings (SSSR count). The van der Waals surface area contributed by atoms with Gasteiger partial charge in [-0.05, 0) is 97.9 Å². The number of rotatable bonds is 0.